The standard InChI is InChI=1S/C19H22ClN3O3S/c1-22(2)27(25,26)16-7-5-6-14(12-16)19(24)21-17-13-15(20)8-9-18(17)23-10-3-4-11-23/h5-9,12-13H,3-4,10-11H2,1-2H3,(H,21,24). The highest BCUT2D eigenvalue weighted by Crippen LogP contribution is 2.32. The number of anilines is 2. The first-order valence-electron chi connectivity index (χ1n) is 8.67. The molecule has 1 fully saturated rings. The van der Waals surface area contributed by atoms with Crippen LogP contribution in [0.25, 0.3) is 0 Å². The quantitative estimate of drug-likeness (QED) is 0.824. The molecule has 3 rings (SSSR count). The number of sulfonamides is 1. The van der Waals surface area contributed by atoms with E-state index in [0.29, 0.717) is 10.7 Å². The van der Waals surface area contributed by atoms with E-state index in [1.807, 2.05) is 6.07 Å². The number of benzene rings is 2. The zero-order valence-corrected chi connectivity index (χ0v) is 16.8. The van der Waals surface area contributed by atoms with E-state index < -0.39 is 10.0 Å². The van der Waals surface area contributed by atoms with Crippen molar-refractivity contribution in [1.82, 2.24) is 4.31 Å². The van der Waals surface area contributed by atoms with Crippen molar-refractivity contribution in [3.8, 4) is 0 Å². The molecule has 1 saturated heterocycles. The van der Waals surface area contributed by atoms with Gasteiger partial charge in [0, 0.05) is 37.8 Å². The fourth-order valence-corrected chi connectivity index (χ4v) is 4.17. The Morgan fingerprint density at radius 3 is 2.48 bits per heavy atom. The van der Waals surface area contributed by atoms with Crippen molar-refractivity contribution >= 4 is 38.9 Å². The molecule has 1 amide bonds. The van der Waals surface area contributed by atoms with Gasteiger partial charge in [-0.3, -0.25) is 4.79 Å². The van der Waals surface area contributed by atoms with Crippen molar-refractivity contribution in [1.29, 1.82) is 0 Å². The van der Waals surface area contributed by atoms with Gasteiger partial charge in [-0.15, -0.1) is 0 Å². The first-order chi connectivity index (χ1) is 12.8. The Bertz CT molecular complexity index is 954. The van der Waals surface area contributed by atoms with Crippen LogP contribution in [0.5, 0.6) is 0 Å². The van der Waals surface area contributed by atoms with Crippen molar-refractivity contribution in [2.75, 3.05) is 37.4 Å². The lowest BCUT2D eigenvalue weighted by Gasteiger charge is -2.22. The van der Waals surface area contributed by atoms with Crippen molar-refractivity contribution in [3.63, 3.8) is 0 Å². The Morgan fingerprint density at radius 2 is 1.81 bits per heavy atom. The van der Waals surface area contributed by atoms with Crippen molar-refractivity contribution in [3.05, 3.63) is 53.1 Å². The lowest BCUT2D eigenvalue weighted by molar-refractivity contribution is 0.102. The highest BCUT2D eigenvalue weighted by Gasteiger charge is 2.20. The number of nitrogens with zero attached hydrogens (tertiary/aromatic N) is 2. The summed E-state index contributed by atoms with van der Waals surface area (Å²) in [4.78, 5) is 15.0. The van der Waals surface area contributed by atoms with Crippen LogP contribution in [0.15, 0.2) is 47.4 Å². The molecule has 1 aliphatic heterocycles. The molecule has 0 saturated carbocycles. The number of rotatable bonds is 5. The lowest BCUT2D eigenvalue weighted by Crippen LogP contribution is -2.23. The van der Waals surface area contributed by atoms with Crippen molar-refractivity contribution in [2.45, 2.75) is 17.7 Å². The fraction of sp³-hybridized carbons (Fsp3) is 0.316. The predicted molar refractivity (Wildman–Crippen MR) is 108 cm³/mol. The second kappa shape index (κ2) is 7.88. The van der Waals surface area contributed by atoms with Gasteiger partial charge in [-0.2, -0.15) is 0 Å². The third kappa shape index (κ3) is 4.26. The minimum atomic E-state index is -3.61. The largest absolute Gasteiger partial charge is 0.370 e. The average Bonchev–Trinajstić information content (AvgIpc) is 3.16. The minimum absolute atomic E-state index is 0.0750. The fourth-order valence-electron chi connectivity index (χ4n) is 3.05. The number of carbonyl (C=O) groups excluding carboxylic acids is 1. The van der Waals surface area contributed by atoms with Crippen LogP contribution in [0.1, 0.15) is 23.2 Å². The van der Waals surface area contributed by atoms with Crippen LogP contribution in [-0.2, 0) is 10.0 Å². The molecule has 1 aliphatic rings. The molecular weight excluding hydrogens is 386 g/mol. The molecule has 2 aromatic rings. The third-order valence-electron chi connectivity index (χ3n) is 4.53. The molecule has 0 spiro atoms. The summed E-state index contributed by atoms with van der Waals surface area (Å²) in [5, 5.41) is 3.40. The molecule has 0 radical (unpaired) electrons. The minimum Gasteiger partial charge on any atom is -0.370 e. The van der Waals surface area contributed by atoms with E-state index in [1.165, 1.54) is 26.2 Å². The molecule has 2 aromatic carbocycles. The summed E-state index contributed by atoms with van der Waals surface area (Å²) in [6, 6.07) is 11.4. The normalized spacial score (nSPS) is 14.6. The van der Waals surface area contributed by atoms with Crippen LogP contribution in [0.4, 0.5) is 11.4 Å². The highest BCUT2D eigenvalue weighted by molar-refractivity contribution is 7.89. The van der Waals surface area contributed by atoms with E-state index in [-0.39, 0.29) is 16.4 Å². The Labute approximate surface area is 164 Å². The van der Waals surface area contributed by atoms with E-state index in [4.69, 9.17) is 11.6 Å². The van der Waals surface area contributed by atoms with E-state index >= 15 is 0 Å². The van der Waals surface area contributed by atoms with Gasteiger partial charge < -0.3 is 10.2 Å². The number of halogens is 1. The van der Waals surface area contributed by atoms with Crippen LogP contribution in [-0.4, -0.2) is 45.8 Å². The summed E-state index contributed by atoms with van der Waals surface area (Å²) in [5.41, 5.74) is 1.81. The molecule has 27 heavy (non-hydrogen) atoms. The Morgan fingerprint density at radius 1 is 1.11 bits per heavy atom. The van der Waals surface area contributed by atoms with Gasteiger partial charge in [0.15, 0.2) is 0 Å². The smallest absolute Gasteiger partial charge is 0.255 e. The van der Waals surface area contributed by atoms with Gasteiger partial charge in [-0.25, -0.2) is 12.7 Å². The molecule has 1 N–H and O–H groups in total. The van der Waals surface area contributed by atoms with Crippen molar-refractivity contribution in [2.24, 2.45) is 0 Å². The Kier molecular flexibility index (Phi) is 5.74. The van der Waals surface area contributed by atoms with E-state index in [1.54, 1.807) is 24.3 Å². The zero-order valence-electron chi connectivity index (χ0n) is 15.3. The van der Waals surface area contributed by atoms with Gasteiger partial charge in [-0.05, 0) is 49.2 Å². The summed E-state index contributed by atoms with van der Waals surface area (Å²) >= 11 is 6.12. The van der Waals surface area contributed by atoms with E-state index in [9.17, 15) is 13.2 Å². The van der Waals surface area contributed by atoms with Gasteiger partial charge in [-0.1, -0.05) is 17.7 Å². The van der Waals surface area contributed by atoms with E-state index in [2.05, 4.69) is 10.2 Å². The summed E-state index contributed by atoms with van der Waals surface area (Å²) < 4.78 is 25.7. The maximum Gasteiger partial charge on any atom is 0.255 e. The molecule has 1 heterocycles. The lowest BCUT2D eigenvalue weighted by atomic mass is 10.2. The number of hydrogen-bond donors (Lipinski definition) is 1. The first kappa shape index (κ1) is 19.7. The summed E-state index contributed by atoms with van der Waals surface area (Å²) in [5.74, 6) is -0.381. The number of hydrogen-bond acceptors (Lipinski definition) is 4. The molecule has 144 valence electrons. The Hall–Kier alpha value is -2.09. The second-order valence-electron chi connectivity index (χ2n) is 6.63. The van der Waals surface area contributed by atoms with Crippen LogP contribution >= 0.6 is 11.6 Å². The zero-order chi connectivity index (χ0) is 19.6. The van der Waals surface area contributed by atoms with Crippen LogP contribution < -0.4 is 10.2 Å². The van der Waals surface area contributed by atoms with Crippen LogP contribution in [0, 0.1) is 0 Å². The first-order valence-corrected chi connectivity index (χ1v) is 10.5. The third-order valence-corrected chi connectivity index (χ3v) is 6.57. The van der Waals surface area contributed by atoms with Gasteiger partial charge in [0.1, 0.15) is 0 Å². The number of nitrogens with one attached hydrogen (secondary N) is 1. The van der Waals surface area contributed by atoms with Gasteiger partial charge in [0.05, 0.1) is 16.3 Å². The SMILES string of the molecule is CN(C)S(=O)(=O)c1cccc(C(=O)Nc2cc(Cl)ccc2N2CCCC2)c1. The molecule has 0 atom stereocenters. The maximum atomic E-state index is 12.8. The molecule has 0 unspecified atom stereocenters. The van der Waals surface area contributed by atoms with Gasteiger partial charge >= 0.3 is 0 Å². The molecule has 0 aromatic heterocycles. The average molecular weight is 408 g/mol. The molecule has 8 heteroatoms. The summed E-state index contributed by atoms with van der Waals surface area (Å²) in [6.45, 7) is 1.86. The van der Waals surface area contributed by atoms with Gasteiger partial charge in [0.25, 0.3) is 5.91 Å². The predicted octanol–water partition coefficient (Wildman–Crippen LogP) is 3.44. The Balaban J connectivity index is 1.89. The molecule has 0 bridgehead atoms. The monoisotopic (exact) mass is 407 g/mol. The highest BCUT2D eigenvalue weighted by atomic mass is 35.5. The van der Waals surface area contributed by atoms with Crippen LogP contribution in [0.3, 0.4) is 0 Å². The molecule has 6 nitrogen and oxygen atoms in total. The van der Waals surface area contributed by atoms with Gasteiger partial charge in [0.2, 0.25) is 10.0 Å². The second-order valence-corrected chi connectivity index (χ2v) is 9.21. The van der Waals surface area contributed by atoms with E-state index in [0.717, 1.165) is 35.9 Å². The van der Waals surface area contributed by atoms with Crippen LogP contribution in [0.2, 0.25) is 5.02 Å². The maximum absolute atomic E-state index is 12.8. The topological polar surface area (TPSA) is 69.7 Å². The number of amides is 1. The molecular formula is C19H22ClN3O3S. The number of carbonyl (C=O) groups is 1. The molecule has 0 aliphatic carbocycles. The summed E-state index contributed by atoms with van der Waals surface area (Å²) in [6.07, 6.45) is 2.22. The van der Waals surface area contributed by atoms with Crippen molar-refractivity contribution < 1.29 is 13.2 Å². The summed E-state index contributed by atoms with van der Waals surface area (Å²) in [7, 11) is -0.700.